The second kappa shape index (κ2) is 8.48. The zero-order valence-electron chi connectivity index (χ0n) is 16.0. The van der Waals surface area contributed by atoms with Crippen LogP contribution in [0.5, 0.6) is 0 Å². The first-order valence-corrected chi connectivity index (χ1v) is 11.3. The van der Waals surface area contributed by atoms with Gasteiger partial charge in [0.05, 0.1) is 30.7 Å². The van der Waals surface area contributed by atoms with Crippen molar-refractivity contribution in [2.24, 2.45) is 11.8 Å². The largest absolute Gasteiger partial charge is 0.391 e. The van der Waals surface area contributed by atoms with Crippen LogP contribution < -0.4 is 0 Å². The highest BCUT2D eigenvalue weighted by atomic mass is 32.2. The molecule has 0 unspecified atom stereocenters. The molecule has 4 atom stereocenters. The molecule has 2 aliphatic rings. The van der Waals surface area contributed by atoms with E-state index < -0.39 is 6.10 Å². The number of rotatable bonds is 6. The van der Waals surface area contributed by atoms with E-state index in [9.17, 15) is 9.90 Å². The van der Waals surface area contributed by atoms with E-state index >= 15 is 0 Å². The Morgan fingerprint density at radius 1 is 1.39 bits per heavy atom. The standard InChI is InChI=1S/C18H25N5O3S2/c1-11-9-27-18(19-11)28-10-17(25)22-5-12-3-15(16(24)4-13(12)6-22)23-7-14(8-26-2)20-21-23/h7,9,12-13,15-16,24H,3-6,8,10H2,1-2H3/t12-,13+,15-,16-/m1/s1. The molecule has 0 bridgehead atoms. The Morgan fingerprint density at radius 3 is 2.89 bits per heavy atom. The summed E-state index contributed by atoms with van der Waals surface area (Å²) < 4.78 is 7.80. The number of carbonyl (C=O) groups is 1. The first-order valence-electron chi connectivity index (χ1n) is 9.44. The molecule has 1 saturated heterocycles. The van der Waals surface area contributed by atoms with Crippen molar-refractivity contribution in [3.05, 3.63) is 23.0 Å². The number of fused-ring (bicyclic) bond motifs is 1. The molecule has 1 aliphatic carbocycles. The van der Waals surface area contributed by atoms with Crippen LogP contribution in [-0.4, -0.2) is 67.9 Å². The van der Waals surface area contributed by atoms with Gasteiger partial charge >= 0.3 is 0 Å². The van der Waals surface area contributed by atoms with Gasteiger partial charge in [-0.05, 0) is 31.6 Å². The summed E-state index contributed by atoms with van der Waals surface area (Å²) in [7, 11) is 1.62. The third-order valence-corrected chi connectivity index (χ3v) is 7.69. The van der Waals surface area contributed by atoms with Crippen molar-refractivity contribution in [1.29, 1.82) is 0 Å². The topological polar surface area (TPSA) is 93.4 Å². The summed E-state index contributed by atoms with van der Waals surface area (Å²) >= 11 is 3.09. The number of carbonyl (C=O) groups excluding carboxylic acids is 1. The number of aliphatic hydroxyl groups excluding tert-OH is 1. The fourth-order valence-corrected chi connectivity index (χ4v) is 5.95. The van der Waals surface area contributed by atoms with Crippen LogP contribution in [0.15, 0.2) is 15.9 Å². The molecular weight excluding hydrogens is 398 g/mol. The predicted octanol–water partition coefficient (Wildman–Crippen LogP) is 1.75. The Bertz CT molecular complexity index is 826. The molecule has 3 heterocycles. The van der Waals surface area contributed by atoms with Gasteiger partial charge in [-0.15, -0.1) is 16.4 Å². The van der Waals surface area contributed by atoms with Crippen molar-refractivity contribution in [2.75, 3.05) is 26.0 Å². The highest BCUT2D eigenvalue weighted by Crippen LogP contribution is 2.41. The van der Waals surface area contributed by atoms with Crippen LogP contribution in [0.25, 0.3) is 0 Å². The van der Waals surface area contributed by atoms with Crippen molar-refractivity contribution >= 4 is 29.0 Å². The minimum absolute atomic E-state index is 0.0953. The Morgan fingerprint density at radius 2 is 2.18 bits per heavy atom. The molecule has 8 nitrogen and oxygen atoms in total. The van der Waals surface area contributed by atoms with E-state index in [4.69, 9.17) is 4.74 Å². The molecule has 1 saturated carbocycles. The van der Waals surface area contributed by atoms with Gasteiger partial charge in [0, 0.05) is 31.3 Å². The van der Waals surface area contributed by atoms with Crippen molar-refractivity contribution in [3.8, 4) is 0 Å². The lowest BCUT2D eigenvalue weighted by Gasteiger charge is -2.34. The van der Waals surface area contributed by atoms with Gasteiger partial charge in [-0.3, -0.25) is 4.79 Å². The zero-order valence-corrected chi connectivity index (χ0v) is 17.7. The van der Waals surface area contributed by atoms with Gasteiger partial charge in [0.15, 0.2) is 4.34 Å². The lowest BCUT2D eigenvalue weighted by Crippen LogP contribution is -2.36. The van der Waals surface area contributed by atoms with E-state index in [1.54, 1.807) is 23.1 Å². The van der Waals surface area contributed by atoms with Crippen LogP contribution in [0.1, 0.15) is 30.3 Å². The number of amides is 1. The van der Waals surface area contributed by atoms with Crippen LogP contribution in [0.4, 0.5) is 0 Å². The molecular formula is C18H25N5O3S2. The smallest absolute Gasteiger partial charge is 0.233 e. The monoisotopic (exact) mass is 423 g/mol. The maximum atomic E-state index is 12.7. The summed E-state index contributed by atoms with van der Waals surface area (Å²) in [6, 6.07) is -0.0953. The lowest BCUT2D eigenvalue weighted by atomic mass is 9.77. The molecule has 0 spiro atoms. The van der Waals surface area contributed by atoms with Crippen LogP contribution in [0.3, 0.4) is 0 Å². The molecule has 2 aromatic heterocycles. The molecule has 1 amide bonds. The maximum Gasteiger partial charge on any atom is 0.233 e. The van der Waals surface area contributed by atoms with E-state index in [2.05, 4.69) is 15.3 Å². The normalized spacial score (nSPS) is 27.2. The molecule has 2 fully saturated rings. The summed E-state index contributed by atoms with van der Waals surface area (Å²) in [4.78, 5) is 19.0. The summed E-state index contributed by atoms with van der Waals surface area (Å²) in [5.74, 6) is 1.31. The molecule has 4 rings (SSSR count). The van der Waals surface area contributed by atoms with Gasteiger partial charge < -0.3 is 14.7 Å². The molecule has 0 radical (unpaired) electrons. The Kier molecular flexibility index (Phi) is 6.00. The number of thioether (sulfide) groups is 1. The lowest BCUT2D eigenvalue weighted by molar-refractivity contribution is -0.127. The minimum Gasteiger partial charge on any atom is -0.391 e. The second-order valence-electron chi connectivity index (χ2n) is 7.59. The number of aliphatic hydroxyl groups is 1. The number of methoxy groups -OCH3 is 1. The summed E-state index contributed by atoms with van der Waals surface area (Å²) in [6.45, 7) is 3.86. The number of aromatic nitrogens is 4. The van der Waals surface area contributed by atoms with Gasteiger partial charge in [0.1, 0.15) is 5.69 Å². The summed E-state index contributed by atoms with van der Waals surface area (Å²) in [6.07, 6.45) is 2.88. The molecule has 152 valence electrons. The zero-order chi connectivity index (χ0) is 19.7. The van der Waals surface area contributed by atoms with Crippen LogP contribution >= 0.6 is 23.1 Å². The maximum absolute atomic E-state index is 12.7. The van der Waals surface area contributed by atoms with Crippen LogP contribution in [-0.2, 0) is 16.1 Å². The predicted molar refractivity (Wildman–Crippen MR) is 106 cm³/mol. The van der Waals surface area contributed by atoms with E-state index in [1.807, 2.05) is 23.4 Å². The molecule has 0 aromatic carbocycles. The van der Waals surface area contributed by atoms with E-state index in [-0.39, 0.29) is 11.9 Å². The highest BCUT2D eigenvalue weighted by Gasteiger charge is 2.43. The molecule has 28 heavy (non-hydrogen) atoms. The Hall–Kier alpha value is -1.49. The fraction of sp³-hybridized carbons (Fsp3) is 0.667. The minimum atomic E-state index is -0.471. The number of hydrogen-bond donors (Lipinski definition) is 1. The average molecular weight is 424 g/mol. The van der Waals surface area contributed by atoms with Crippen molar-refractivity contribution in [2.45, 2.75) is 42.9 Å². The quantitative estimate of drug-likeness (QED) is 0.708. The van der Waals surface area contributed by atoms with E-state index in [0.717, 1.165) is 35.2 Å². The van der Waals surface area contributed by atoms with E-state index in [1.165, 1.54) is 11.8 Å². The number of ether oxygens (including phenoxy) is 1. The van der Waals surface area contributed by atoms with Crippen molar-refractivity contribution in [3.63, 3.8) is 0 Å². The number of aryl methyl sites for hydroxylation is 1. The van der Waals surface area contributed by atoms with E-state index in [0.29, 0.717) is 30.6 Å². The first kappa shape index (κ1) is 19.8. The highest BCUT2D eigenvalue weighted by molar-refractivity contribution is 8.01. The van der Waals surface area contributed by atoms with Gasteiger partial charge in [0.25, 0.3) is 0 Å². The third-order valence-electron chi connectivity index (χ3n) is 5.57. The average Bonchev–Trinajstić information content (AvgIpc) is 3.39. The molecule has 1 N–H and O–H groups in total. The van der Waals surface area contributed by atoms with Crippen molar-refractivity contribution < 1.29 is 14.6 Å². The van der Waals surface area contributed by atoms with Gasteiger partial charge in [-0.25, -0.2) is 9.67 Å². The number of thiazole rings is 1. The van der Waals surface area contributed by atoms with Gasteiger partial charge in [0.2, 0.25) is 5.91 Å². The first-order chi connectivity index (χ1) is 13.5. The summed E-state index contributed by atoms with van der Waals surface area (Å²) in [5.41, 5.74) is 1.75. The summed E-state index contributed by atoms with van der Waals surface area (Å²) in [5, 5.41) is 20.9. The third kappa shape index (κ3) is 4.24. The number of likely N-dealkylation sites (tertiary alicyclic amines) is 1. The number of nitrogens with zero attached hydrogens (tertiary/aromatic N) is 5. The number of hydrogen-bond acceptors (Lipinski definition) is 8. The molecule has 1 aliphatic heterocycles. The van der Waals surface area contributed by atoms with Crippen molar-refractivity contribution in [1.82, 2.24) is 24.9 Å². The fourth-order valence-electron chi connectivity index (χ4n) is 4.20. The SMILES string of the molecule is COCc1cn([C@@H]2C[C@@H]3CN(C(=O)CSc4nc(C)cs4)C[C@@H]3C[C@H]2O)nn1. The second-order valence-corrected chi connectivity index (χ2v) is 9.67. The Balaban J connectivity index is 1.34. The molecule has 2 aromatic rings. The van der Waals surface area contributed by atoms with Gasteiger partial charge in [-0.1, -0.05) is 17.0 Å². The van der Waals surface area contributed by atoms with Crippen LogP contribution in [0, 0.1) is 18.8 Å². The molecule has 10 heteroatoms. The Labute approximate surface area is 172 Å². The van der Waals surface area contributed by atoms with Crippen LogP contribution in [0.2, 0.25) is 0 Å². The van der Waals surface area contributed by atoms with Gasteiger partial charge in [-0.2, -0.15) is 0 Å².